The average Bonchev–Trinajstić information content (AvgIpc) is 2.25. The topological polar surface area (TPSA) is 17.1 Å². The Morgan fingerprint density at radius 1 is 1.47 bits per heavy atom. The number of hydrogen-bond acceptors (Lipinski definition) is 1. The molecule has 17 heavy (non-hydrogen) atoms. The number of hydrogen-bond donors (Lipinski definition) is 0. The molecule has 1 unspecified atom stereocenters. The number of rotatable bonds is 3. The summed E-state index contributed by atoms with van der Waals surface area (Å²) in [6.45, 7) is 1.43. The van der Waals surface area contributed by atoms with Crippen LogP contribution in [0.3, 0.4) is 0 Å². The summed E-state index contributed by atoms with van der Waals surface area (Å²) >= 11 is 8.74. The van der Waals surface area contributed by atoms with Gasteiger partial charge in [0.2, 0.25) is 0 Å². The first-order valence-corrected chi connectivity index (χ1v) is 6.27. The van der Waals surface area contributed by atoms with E-state index in [1.165, 1.54) is 13.0 Å². The third-order valence-corrected chi connectivity index (χ3v) is 3.01. The molecule has 0 heterocycles. The highest BCUT2D eigenvalue weighted by atomic mass is 79.9. The van der Waals surface area contributed by atoms with Gasteiger partial charge in [0.15, 0.2) is 5.78 Å². The van der Waals surface area contributed by atoms with E-state index in [1.54, 1.807) is 0 Å². The first-order valence-electron chi connectivity index (χ1n) is 4.71. The first-order chi connectivity index (χ1) is 7.77. The van der Waals surface area contributed by atoms with Gasteiger partial charge in [-0.15, -0.1) is 11.6 Å². The Balaban J connectivity index is 3.30. The highest BCUT2D eigenvalue weighted by molar-refractivity contribution is 9.08. The van der Waals surface area contributed by atoms with E-state index in [9.17, 15) is 18.0 Å². The van der Waals surface area contributed by atoms with Crippen LogP contribution < -0.4 is 0 Å². The van der Waals surface area contributed by atoms with E-state index < -0.39 is 22.9 Å². The molecule has 0 aliphatic heterocycles. The van der Waals surface area contributed by atoms with Crippen LogP contribution >= 0.6 is 27.5 Å². The summed E-state index contributed by atoms with van der Waals surface area (Å²) in [5, 5.41) is -0.549. The van der Waals surface area contributed by atoms with Crippen molar-refractivity contribution in [1.82, 2.24) is 0 Å². The van der Waals surface area contributed by atoms with Crippen LogP contribution in [-0.4, -0.2) is 11.2 Å². The number of halogens is 5. The van der Waals surface area contributed by atoms with E-state index in [1.807, 2.05) is 0 Å². The summed E-state index contributed by atoms with van der Waals surface area (Å²) in [4.78, 5) is 11.7. The van der Waals surface area contributed by atoms with Crippen LogP contribution in [0.5, 0.6) is 0 Å². The molecule has 0 saturated heterocycles. The van der Waals surface area contributed by atoms with Crippen molar-refractivity contribution in [3.8, 4) is 0 Å². The molecule has 1 aromatic rings. The monoisotopic (exact) mass is 328 g/mol. The number of ketones is 1. The normalized spacial score (nSPS) is 13.5. The second kappa shape index (κ2) is 5.40. The molecule has 6 heteroatoms. The number of Topliss-reactive ketones (excluding diaryl/α,β-unsaturated/α-hetero) is 1. The quantitative estimate of drug-likeness (QED) is 0.593. The van der Waals surface area contributed by atoms with Crippen molar-refractivity contribution in [3.05, 3.63) is 34.9 Å². The van der Waals surface area contributed by atoms with Crippen LogP contribution in [-0.2, 0) is 11.5 Å². The van der Waals surface area contributed by atoms with E-state index in [-0.39, 0.29) is 5.56 Å². The summed E-state index contributed by atoms with van der Waals surface area (Å²) in [6, 6.07) is 3.08. The fourth-order valence-electron chi connectivity index (χ4n) is 1.31. The number of carbonyl (C=O) groups excluding carboxylic acids is 1. The zero-order valence-corrected chi connectivity index (χ0v) is 11.2. The minimum Gasteiger partial charge on any atom is -0.293 e. The van der Waals surface area contributed by atoms with Gasteiger partial charge in [0, 0.05) is 10.9 Å². The van der Waals surface area contributed by atoms with Gasteiger partial charge >= 0.3 is 6.18 Å². The first kappa shape index (κ1) is 14.5. The van der Waals surface area contributed by atoms with E-state index in [0.29, 0.717) is 10.9 Å². The van der Waals surface area contributed by atoms with Gasteiger partial charge in [-0.25, -0.2) is 0 Å². The molecule has 0 spiro atoms. The minimum absolute atomic E-state index is 0.0131. The highest BCUT2D eigenvalue weighted by Crippen LogP contribution is 2.31. The van der Waals surface area contributed by atoms with E-state index in [2.05, 4.69) is 15.9 Å². The predicted molar refractivity (Wildman–Crippen MR) is 63.7 cm³/mol. The fourth-order valence-corrected chi connectivity index (χ4v) is 1.92. The van der Waals surface area contributed by atoms with Gasteiger partial charge in [-0.1, -0.05) is 22.0 Å². The van der Waals surface area contributed by atoms with Gasteiger partial charge in [-0.3, -0.25) is 4.79 Å². The van der Waals surface area contributed by atoms with Gasteiger partial charge < -0.3 is 0 Å². The molecule has 0 aliphatic carbocycles. The molecule has 0 bridgehead atoms. The summed E-state index contributed by atoms with van der Waals surface area (Å²) in [5.74, 6) is -0.507. The number of carbonyl (C=O) groups is 1. The molecule has 1 aromatic carbocycles. The molecule has 1 rings (SSSR count). The Hall–Kier alpha value is -0.550. The Morgan fingerprint density at radius 3 is 2.47 bits per heavy atom. The van der Waals surface area contributed by atoms with Gasteiger partial charge in [0.05, 0.1) is 10.9 Å². The van der Waals surface area contributed by atoms with Gasteiger partial charge in [-0.05, 0) is 24.6 Å². The number of alkyl halides is 5. The standard InChI is InChI=1S/C11H9BrClF3O/c1-6(13)10(17)9-4-8(11(14,15)16)3-2-7(9)5-12/h2-4,6H,5H2,1H3. The SMILES string of the molecule is CC(Cl)C(=O)c1cc(C(F)(F)F)ccc1CBr. The molecular formula is C11H9BrClF3O. The van der Waals surface area contributed by atoms with Crippen LogP contribution in [0.25, 0.3) is 0 Å². The summed E-state index contributed by atoms with van der Waals surface area (Å²) < 4.78 is 37.5. The molecule has 0 N–H and O–H groups in total. The summed E-state index contributed by atoms with van der Waals surface area (Å²) in [5.41, 5.74) is -0.336. The van der Waals surface area contributed by atoms with Crippen LogP contribution in [0.1, 0.15) is 28.4 Å². The van der Waals surface area contributed by atoms with Crippen LogP contribution in [0.2, 0.25) is 0 Å². The zero-order chi connectivity index (χ0) is 13.2. The van der Waals surface area contributed by atoms with E-state index in [0.717, 1.165) is 12.1 Å². The highest BCUT2D eigenvalue weighted by Gasteiger charge is 2.32. The van der Waals surface area contributed by atoms with Crippen molar-refractivity contribution in [2.45, 2.75) is 23.8 Å². The zero-order valence-electron chi connectivity index (χ0n) is 8.81. The van der Waals surface area contributed by atoms with Gasteiger partial charge in [-0.2, -0.15) is 13.2 Å². The molecule has 0 fully saturated rings. The maximum atomic E-state index is 12.5. The Bertz CT molecular complexity index is 429. The largest absolute Gasteiger partial charge is 0.416 e. The second-order valence-corrected chi connectivity index (χ2v) is 4.70. The lowest BCUT2D eigenvalue weighted by Crippen LogP contribution is -2.15. The Morgan fingerprint density at radius 2 is 2.06 bits per heavy atom. The summed E-state index contributed by atoms with van der Waals surface area (Å²) in [7, 11) is 0. The fraction of sp³-hybridized carbons (Fsp3) is 0.364. The number of benzene rings is 1. The molecule has 0 amide bonds. The van der Waals surface area contributed by atoms with Crippen molar-refractivity contribution >= 4 is 33.3 Å². The smallest absolute Gasteiger partial charge is 0.293 e. The van der Waals surface area contributed by atoms with Crippen molar-refractivity contribution in [3.63, 3.8) is 0 Å². The maximum Gasteiger partial charge on any atom is 0.416 e. The molecule has 1 nitrogen and oxygen atoms in total. The molecule has 0 aromatic heterocycles. The van der Waals surface area contributed by atoms with Crippen molar-refractivity contribution in [2.75, 3.05) is 0 Å². The van der Waals surface area contributed by atoms with Gasteiger partial charge in [0.25, 0.3) is 0 Å². The molecule has 0 radical (unpaired) electrons. The lowest BCUT2D eigenvalue weighted by atomic mass is 10.00. The molecule has 0 aliphatic rings. The molecule has 1 atom stereocenters. The van der Waals surface area contributed by atoms with Crippen molar-refractivity contribution < 1.29 is 18.0 Å². The molecule has 94 valence electrons. The maximum absolute atomic E-state index is 12.5. The second-order valence-electron chi connectivity index (χ2n) is 3.48. The van der Waals surface area contributed by atoms with E-state index >= 15 is 0 Å². The van der Waals surface area contributed by atoms with E-state index in [4.69, 9.17) is 11.6 Å². The Kier molecular flexibility index (Phi) is 4.61. The lowest BCUT2D eigenvalue weighted by Gasteiger charge is -2.12. The summed E-state index contributed by atoms with van der Waals surface area (Å²) in [6.07, 6.45) is -4.46. The van der Waals surface area contributed by atoms with Crippen LogP contribution in [0.4, 0.5) is 13.2 Å². The van der Waals surface area contributed by atoms with Gasteiger partial charge in [0.1, 0.15) is 0 Å². The molecular weight excluding hydrogens is 320 g/mol. The van der Waals surface area contributed by atoms with Crippen LogP contribution in [0.15, 0.2) is 18.2 Å². The minimum atomic E-state index is -4.46. The molecule has 0 saturated carbocycles. The third-order valence-electron chi connectivity index (χ3n) is 2.21. The third kappa shape index (κ3) is 3.45. The predicted octanol–water partition coefficient (Wildman–Crippen LogP) is 4.41. The lowest BCUT2D eigenvalue weighted by molar-refractivity contribution is -0.137. The average molecular weight is 330 g/mol. The van der Waals surface area contributed by atoms with Crippen molar-refractivity contribution in [1.29, 1.82) is 0 Å². The Labute approximate surface area is 110 Å². The van der Waals surface area contributed by atoms with Crippen LogP contribution in [0, 0.1) is 0 Å². The van der Waals surface area contributed by atoms with Crippen molar-refractivity contribution in [2.24, 2.45) is 0 Å².